The van der Waals surface area contributed by atoms with Crippen LogP contribution in [0.25, 0.3) is 0 Å². The fraction of sp³-hybridized carbons (Fsp3) is 0.462. The number of benzene rings is 1. The summed E-state index contributed by atoms with van der Waals surface area (Å²) in [7, 11) is 0. The van der Waals surface area contributed by atoms with Gasteiger partial charge in [0.25, 0.3) is 0 Å². The zero-order valence-corrected chi connectivity index (χ0v) is 12.7. The van der Waals surface area contributed by atoms with Gasteiger partial charge >= 0.3 is 0 Å². The molecule has 0 N–H and O–H groups in total. The van der Waals surface area contributed by atoms with Crippen LogP contribution in [-0.2, 0) is 11.2 Å². The maximum absolute atomic E-state index is 12.1. The molecule has 4 heteroatoms. The summed E-state index contributed by atoms with van der Waals surface area (Å²) in [6.07, 6.45) is 1.64. The molecule has 1 aromatic rings. The second-order valence-corrected chi connectivity index (χ2v) is 6.02. The van der Waals surface area contributed by atoms with Crippen LogP contribution in [0.1, 0.15) is 12.0 Å². The van der Waals surface area contributed by atoms with Gasteiger partial charge < -0.3 is 4.90 Å². The highest BCUT2D eigenvalue weighted by molar-refractivity contribution is 9.10. The number of carbonyl (C=O) groups is 1. The smallest absolute Gasteiger partial charge is 0.226 e. The van der Waals surface area contributed by atoms with Gasteiger partial charge in [0.05, 0.1) is 6.42 Å². The molecule has 2 rings (SSSR count). The highest BCUT2D eigenvalue weighted by atomic mass is 79.9. The molecule has 0 radical (unpaired) electrons. The molecular weight excluding hydrogens is 346 g/mol. The SMILES string of the molecule is O=C(Cc1ccc(Br)cc1)N1CCC(CBr)C1. The maximum Gasteiger partial charge on any atom is 0.226 e. The Hall–Kier alpha value is -0.350. The van der Waals surface area contributed by atoms with E-state index in [1.807, 2.05) is 29.2 Å². The number of hydrogen-bond acceptors (Lipinski definition) is 1. The summed E-state index contributed by atoms with van der Waals surface area (Å²) < 4.78 is 1.05. The number of likely N-dealkylation sites (tertiary alicyclic amines) is 1. The molecule has 1 amide bonds. The number of alkyl halides is 1. The van der Waals surface area contributed by atoms with Crippen LogP contribution < -0.4 is 0 Å². The predicted octanol–water partition coefficient (Wildman–Crippen LogP) is 3.24. The first-order chi connectivity index (χ1) is 8.19. The Kier molecular flexibility index (Phi) is 4.62. The molecule has 92 valence electrons. The number of nitrogens with zero attached hydrogens (tertiary/aromatic N) is 1. The van der Waals surface area contributed by atoms with E-state index in [1.165, 1.54) is 0 Å². The van der Waals surface area contributed by atoms with Gasteiger partial charge in [-0.25, -0.2) is 0 Å². The van der Waals surface area contributed by atoms with E-state index in [4.69, 9.17) is 0 Å². The van der Waals surface area contributed by atoms with Gasteiger partial charge in [-0.05, 0) is 30.0 Å². The van der Waals surface area contributed by atoms with Crippen molar-refractivity contribution >= 4 is 37.8 Å². The van der Waals surface area contributed by atoms with Gasteiger partial charge in [-0.2, -0.15) is 0 Å². The van der Waals surface area contributed by atoms with Crippen LogP contribution in [0.2, 0.25) is 0 Å². The zero-order chi connectivity index (χ0) is 12.3. The van der Waals surface area contributed by atoms with E-state index in [-0.39, 0.29) is 5.91 Å². The van der Waals surface area contributed by atoms with Gasteiger partial charge in [-0.15, -0.1) is 0 Å². The Labute approximate surface area is 119 Å². The van der Waals surface area contributed by atoms with Crippen molar-refractivity contribution in [3.63, 3.8) is 0 Å². The number of rotatable bonds is 3. The van der Waals surface area contributed by atoms with E-state index in [9.17, 15) is 4.79 Å². The van der Waals surface area contributed by atoms with Crippen molar-refractivity contribution in [3.8, 4) is 0 Å². The third-order valence-electron chi connectivity index (χ3n) is 3.13. The first kappa shape index (κ1) is 13.1. The average Bonchev–Trinajstić information content (AvgIpc) is 2.81. The van der Waals surface area contributed by atoms with Crippen molar-refractivity contribution in [3.05, 3.63) is 34.3 Å². The van der Waals surface area contributed by atoms with Crippen LogP contribution >= 0.6 is 31.9 Å². The van der Waals surface area contributed by atoms with Crippen molar-refractivity contribution < 1.29 is 4.79 Å². The Bertz CT molecular complexity index is 391. The van der Waals surface area contributed by atoms with Crippen molar-refractivity contribution in [2.45, 2.75) is 12.8 Å². The molecule has 0 aliphatic carbocycles. The summed E-state index contributed by atoms with van der Waals surface area (Å²) in [5, 5.41) is 0.995. The molecule has 0 saturated carbocycles. The molecular formula is C13H15Br2NO. The number of carbonyl (C=O) groups excluding carboxylic acids is 1. The Morgan fingerprint density at radius 2 is 2.06 bits per heavy atom. The number of halogens is 2. The normalized spacial score (nSPS) is 19.6. The van der Waals surface area contributed by atoms with Crippen molar-refractivity contribution in [2.75, 3.05) is 18.4 Å². The van der Waals surface area contributed by atoms with E-state index in [0.29, 0.717) is 12.3 Å². The Morgan fingerprint density at radius 1 is 1.35 bits per heavy atom. The van der Waals surface area contributed by atoms with E-state index in [2.05, 4.69) is 31.9 Å². The monoisotopic (exact) mass is 359 g/mol. The molecule has 1 aliphatic heterocycles. The predicted molar refractivity (Wildman–Crippen MR) is 76.3 cm³/mol. The molecule has 0 bridgehead atoms. The van der Waals surface area contributed by atoms with Gasteiger partial charge in [0, 0.05) is 22.9 Å². The van der Waals surface area contributed by atoms with Crippen LogP contribution in [0.4, 0.5) is 0 Å². The summed E-state index contributed by atoms with van der Waals surface area (Å²) in [6.45, 7) is 1.81. The summed E-state index contributed by atoms with van der Waals surface area (Å²) >= 11 is 6.88. The molecule has 17 heavy (non-hydrogen) atoms. The van der Waals surface area contributed by atoms with Gasteiger partial charge in [-0.1, -0.05) is 44.0 Å². The maximum atomic E-state index is 12.1. The van der Waals surface area contributed by atoms with Crippen LogP contribution in [-0.4, -0.2) is 29.2 Å². The molecule has 0 spiro atoms. The number of amides is 1. The lowest BCUT2D eigenvalue weighted by atomic mass is 10.1. The minimum Gasteiger partial charge on any atom is -0.342 e. The highest BCUT2D eigenvalue weighted by Crippen LogP contribution is 2.19. The fourth-order valence-electron chi connectivity index (χ4n) is 2.07. The summed E-state index contributed by atoms with van der Waals surface area (Å²) in [5.41, 5.74) is 1.08. The van der Waals surface area contributed by atoms with Gasteiger partial charge in [-0.3, -0.25) is 4.79 Å². The standard InChI is InChI=1S/C13H15Br2NO/c14-8-11-5-6-16(9-11)13(17)7-10-1-3-12(15)4-2-10/h1-4,11H,5-9H2. The van der Waals surface area contributed by atoms with E-state index >= 15 is 0 Å². The minimum absolute atomic E-state index is 0.246. The molecule has 1 heterocycles. The molecule has 1 saturated heterocycles. The molecule has 1 aliphatic rings. The largest absolute Gasteiger partial charge is 0.342 e. The lowest BCUT2D eigenvalue weighted by Crippen LogP contribution is -2.30. The highest BCUT2D eigenvalue weighted by Gasteiger charge is 2.25. The molecule has 2 nitrogen and oxygen atoms in total. The van der Waals surface area contributed by atoms with Crippen molar-refractivity contribution in [1.29, 1.82) is 0 Å². The zero-order valence-electron chi connectivity index (χ0n) is 9.53. The lowest BCUT2D eigenvalue weighted by Gasteiger charge is -2.16. The second-order valence-electron chi connectivity index (χ2n) is 4.45. The average molecular weight is 361 g/mol. The van der Waals surface area contributed by atoms with Gasteiger partial charge in [0.1, 0.15) is 0 Å². The topological polar surface area (TPSA) is 20.3 Å². The summed E-state index contributed by atoms with van der Waals surface area (Å²) in [6, 6.07) is 7.96. The van der Waals surface area contributed by atoms with E-state index in [1.54, 1.807) is 0 Å². The van der Waals surface area contributed by atoms with Crippen LogP contribution in [0.15, 0.2) is 28.7 Å². The Morgan fingerprint density at radius 3 is 2.65 bits per heavy atom. The van der Waals surface area contributed by atoms with E-state index in [0.717, 1.165) is 34.9 Å². The summed E-state index contributed by atoms with van der Waals surface area (Å²) in [4.78, 5) is 14.0. The van der Waals surface area contributed by atoms with Gasteiger partial charge in [0.15, 0.2) is 0 Å². The van der Waals surface area contributed by atoms with E-state index < -0.39 is 0 Å². The lowest BCUT2D eigenvalue weighted by molar-refractivity contribution is -0.129. The van der Waals surface area contributed by atoms with Gasteiger partial charge in [0.2, 0.25) is 5.91 Å². The first-order valence-electron chi connectivity index (χ1n) is 5.77. The molecule has 1 aromatic carbocycles. The van der Waals surface area contributed by atoms with Crippen molar-refractivity contribution in [1.82, 2.24) is 4.90 Å². The second kappa shape index (κ2) is 6.01. The molecule has 1 unspecified atom stereocenters. The third-order valence-corrected chi connectivity index (χ3v) is 4.57. The Balaban J connectivity index is 1.91. The summed E-state index contributed by atoms with van der Waals surface area (Å²) in [5.74, 6) is 0.875. The molecule has 0 aromatic heterocycles. The quantitative estimate of drug-likeness (QED) is 0.758. The number of hydrogen-bond donors (Lipinski definition) is 0. The third kappa shape index (κ3) is 3.55. The molecule has 1 fully saturated rings. The van der Waals surface area contributed by atoms with Crippen LogP contribution in [0, 0.1) is 5.92 Å². The molecule has 1 atom stereocenters. The minimum atomic E-state index is 0.246. The van der Waals surface area contributed by atoms with Crippen molar-refractivity contribution in [2.24, 2.45) is 5.92 Å². The first-order valence-corrected chi connectivity index (χ1v) is 7.68. The van der Waals surface area contributed by atoms with Crippen LogP contribution in [0.3, 0.4) is 0 Å². The van der Waals surface area contributed by atoms with Crippen LogP contribution in [0.5, 0.6) is 0 Å². The fourth-order valence-corrected chi connectivity index (χ4v) is 2.87.